The van der Waals surface area contributed by atoms with E-state index in [4.69, 9.17) is 0 Å². The maximum Gasteiger partial charge on any atom is 0.234 e. The third-order valence-corrected chi connectivity index (χ3v) is 4.62. The number of H-pyrrole nitrogens is 1. The van der Waals surface area contributed by atoms with Crippen molar-refractivity contribution >= 4 is 22.6 Å². The number of amides is 1. The SMILES string of the molecule is CCCNC(=O)CN(C)[C@@H](C(=O)c1c[nH]c2ccccc12)c1ccccc1. The summed E-state index contributed by atoms with van der Waals surface area (Å²) in [6.45, 7) is 2.81. The molecule has 0 saturated carbocycles. The van der Waals surface area contributed by atoms with Gasteiger partial charge in [0.1, 0.15) is 0 Å². The van der Waals surface area contributed by atoms with Crippen LogP contribution in [0, 0.1) is 0 Å². The summed E-state index contributed by atoms with van der Waals surface area (Å²) in [5.74, 6) is -0.101. The van der Waals surface area contributed by atoms with Crippen LogP contribution in [0.5, 0.6) is 0 Å². The van der Waals surface area contributed by atoms with Crippen LogP contribution in [0.3, 0.4) is 0 Å². The molecule has 27 heavy (non-hydrogen) atoms. The van der Waals surface area contributed by atoms with E-state index in [1.54, 1.807) is 6.20 Å². The Morgan fingerprint density at radius 2 is 1.78 bits per heavy atom. The number of para-hydroxylation sites is 1. The predicted molar refractivity (Wildman–Crippen MR) is 108 cm³/mol. The number of nitrogens with one attached hydrogen (secondary N) is 2. The standard InChI is InChI=1S/C22H25N3O2/c1-3-13-23-20(26)15-25(2)21(16-9-5-4-6-10-16)22(27)18-14-24-19-12-8-7-11-17(18)19/h4-12,14,21,24H,3,13,15H2,1-2H3,(H,23,26)/t21-/m1/s1. The van der Waals surface area contributed by atoms with Gasteiger partial charge in [-0.05, 0) is 25.1 Å². The first kappa shape index (κ1) is 18.9. The number of likely N-dealkylation sites (N-methyl/N-ethyl adjacent to an activating group) is 1. The van der Waals surface area contributed by atoms with Gasteiger partial charge < -0.3 is 10.3 Å². The molecule has 5 heteroatoms. The van der Waals surface area contributed by atoms with E-state index in [2.05, 4.69) is 10.3 Å². The zero-order chi connectivity index (χ0) is 19.2. The normalized spacial score (nSPS) is 12.3. The Balaban J connectivity index is 1.92. The molecule has 0 radical (unpaired) electrons. The van der Waals surface area contributed by atoms with Crippen molar-refractivity contribution in [1.29, 1.82) is 0 Å². The number of benzene rings is 2. The number of carbonyl (C=O) groups excluding carboxylic acids is 2. The van der Waals surface area contributed by atoms with Crippen molar-refractivity contribution in [3.8, 4) is 0 Å². The number of carbonyl (C=O) groups is 2. The Morgan fingerprint density at radius 3 is 2.52 bits per heavy atom. The second kappa shape index (κ2) is 8.64. The highest BCUT2D eigenvalue weighted by Crippen LogP contribution is 2.28. The molecule has 0 unspecified atom stereocenters. The summed E-state index contributed by atoms with van der Waals surface area (Å²) < 4.78 is 0. The van der Waals surface area contributed by atoms with Gasteiger partial charge in [-0.15, -0.1) is 0 Å². The van der Waals surface area contributed by atoms with Crippen molar-refractivity contribution in [3.05, 3.63) is 71.9 Å². The lowest BCUT2D eigenvalue weighted by atomic mass is 9.96. The van der Waals surface area contributed by atoms with Crippen molar-refractivity contribution in [1.82, 2.24) is 15.2 Å². The van der Waals surface area contributed by atoms with Gasteiger partial charge in [-0.1, -0.05) is 55.5 Å². The summed E-state index contributed by atoms with van der Waals surface area (Å²) in [5.41, 5.74) is 2.44. The van der Waals surface area contributed by atoms with Gasteiger partial charge in [-0.2, -0.15) is 0 Å². The van der Waals surface area contributed by atoms with Gasteiger partial charge in [0, 0.05) is 29.2 Å². The average molecular weight is 363 g/mol. The molecular weight excluding hydrogens is 338 g/mol. The van der Waals surface area contributed by atoms with E-state index in [0.29, 0.717) is 12.1 Å². The van der Waals surface area contributed by atoms with Gasteiger partial charge in [0.05, 0.1) is 12.6 Å². The summed E-state index contributed by atoms with van der Waals surface area (Å²) in [6, 6.07) is 16.8. The number of aromatic amines is 1. The molecule has 0 saturated heterocycles. The highest BCUT2D eigenvalue weighted by molar-refractivity contribution is 6.10. The lowest BCUT2D eigenvalue weighted by Crippen LogP contribution is -2.40. The number of Topliss-reactive ketones (excluding diaryl/α,β-unsaturated/α-hetero) is 1. The second-order valence-corrected chi connectivity index (χ2v) is 6.69. The van der Waals surface area contributed by atoms with Gasteiger partial charge in [-0.25, -0.2) is 0 Å². The fourth-order valence-corrected chi connectivity index (χ4v) is 3.30. The quantitative estimate of drug-likeness (QED) is 0.602. The molecule has 5 nitrogen and oxygen atoms in total. The minimum absolute atomic E-state index is 0.0237. The van der Waals surface area contributed by atoms with Crippen LogP contribution in [0.4, 0.5) is 0 Å². The first-order chi connectivity index (χ1) is 13.1. The van der Waals surface area contributed by atoms with Crippen molar-refractivity contribution in [2.75, 3.05) is 20.1 Å². The zero-order valence-electron chi connectivity index (χ0n) is 15.7. The third-order valence-electron chi connectivity index (χ3n) is 4.62. The number of aromatic nitrogens is 1. The molecule has 0 spiro atoms. The predicted octanol–water partition coefficient (Wildman–Crippen LogP) is 3.55. The van der Waals surface area contributed by atoms with Crippen LogP contribution >= 0.6 is 0 Å². The zero-order valence-corrected chi connectivity index (χ0v) is 15.7. The molecule has 1 atom stereocenters. The van der Waals surface area contributed by atoms with Crippen LogP contribution < -0.4 is 5.32 Å². The van der Waals surface area contributed by atoms with Crippen LogP contribution in [0.15, 0.2) is 60.8 Å². The molecule has 2 N–H and O–H groups in total. The number of rotatable bonds is 8. The van der Waals surface area contributed by atoms with Crippen LogP contribution in [-0.2, 0) is 4.79 Å². The van der Waals surface area contributed by atoms with Crippen molar-refractivity contribution in [2.45, 2.75) is 19.4 Å². The van der Waals surface area contributed by atoms with Crippen LogP contribution in [0.25, 0.3) is 10.9 Å². The number of nitrogens with zero attached hydrogens (tertiary/aromatic N) is 1. The smallest absolute Gasteiger partial charge is 0.234 e. The second-order valence-electron chi connectivity index (χ2n) is 6.69. The van der Waals surface area contributed by atoms with Gasteiger partial charge in [0.15, 0.2) is 5.78 Å². The van der Waals surface area contributed by atoms with Gasteiger partial charge >= 0.3 is 0 Å². The Hall–Kier alpha value is -2.92. The van der Waals surface area contributed by atoms with Crippen LogP contribution in [0.1, 0.15) is 35.3 Å². The molecule has 1 aromatic heterocycles. The summed E-state index contributed by atoms with van der Waals surface area (Å²) in [4.78, 5) is 30.6. The molecule has 0 aliphatic rings. The molecule has 1 heterocycles. The lowest BCUT2D eigenvalue weighted by molar-refractivity contribution is -0.122. The lowest BCUT2D eigenvalue weighted by Gasteiger charge is -2.27. The van der Waals surface area contributed by atoms with Crippen molar-refractivity contribution in [3.63, 3.8) is 0 Å². The number of ketones is 1. The van der Waals surface area contributed by atoms with E-state index in [1.165, 1.54) is 0 Å². The van der Waals surface area contributed by atoms with Gasteiger partial charge in [-0.3, -0.25) is 14.5 Å². The highest BCUT2D eigenvalue weighted by atomic mass is 16.2. The van der Waals surface area contributed by atoms with Crippen LogP contribution in [0.2, 0.25) is 0 Å². The summed E-state index contributed by atoms with van der Waals surface area (Å²) >= 11 is 0. The fraction of sp³-hybridized carbons (Fsp3) is 0.273. The Labute approximate surface area is 159 Å². The minimum Gasteiger partial charge on any atom is -0.360 e. The van der Waals surface area contributed by atoms with E-state index in [1.807, 2.05) is 73.5 Å². The summed E-state index contributed by atoms with van der Waals surface area (Å²) in [6.07, 6.45) is 2.64. The monoisotopic (exact) mass is 363 g/mol. The van der Waals surface area contributed by atoms with E-state index in [9.17, 15) is 9.59 Å². The Kier molecular flexibility index (Phi) is 6.04. The summed E-state index contributed by atoms with van der Waals surface area (Å²) in [7, 11) is 1.82. The van der Waals surface area contributed by atoms with E-state index < -0.39 is 6.04 Å². The topological polar surface area (TPSA) is 65.2 Å². The number of hydrogen-bond donors (Lipinski definition) is 2. The number of hydrogen-bond acceptors (Lipinski definition) is 3. The maximum absolute atomic E-state index is 13.5. The molecular formula is C22H25N3O2. The molecule has 3 aromatic rings. The Morgan fingerprint density at radius 1 is 1.07 bits per heavy atom. The van der Waals surface area contributed by atoms with Crippen molar-refractivity contribution < 1.29 is 9.59 Å². The molecule has 3 rings (SSSR count). The highest BCUT2D eigenvalue weighted by Gasteiger charge is 2.29. The van der Waals surface area contributed by atoms with E-state index in [0.717, 1.165) is 22.9 Å². The van der Waals surface area contributed by atoms with E-state index in [-0.39, 0.29) is 18.2 Å². The maximum atomic E-state index is 13.5. The van der Waals surface area contributed by atoms with Crippen LogP contribution in [-0.4, -0.2) is 41.7 Å². The third kappa shape index (κ3) is 4.26. The molecule has 1 amide bonds. The number of fused-ring (bicyclic) bond motifs is 1. The van der Waals surface area contributed by atoms with E-state index >= 15 is 0 Å². The summed E-state index contributed by atoms with van der Waals surface area (Å²) in [5, 5.41) is 3.77. The van der Waals surface area contributed by atoms with Gasteiger partial charge in [0.25, 0.3) is 0 Å². The van der Waals surface area contributed by atoms with Gasteiger partial charge in [0.2, 0.25) is 5.91 Å². The molecule has 2 aromatic carbocycles. The largest absolute Gasteiger partial charge is 0.360 e. The molecule has 0 bridgehead atoms. The molecule has 0 fully saturated rings. The molecule has 0 aliphatic heterocycles. The fourth-order valence-electron chi connectivity index (χ4n) is 3.30. The average Bonchev–Trinajstić information content (AvgIpc) is 3.11. The molecule has 140 valence electrons. The minimum atomic E-state index is -0.530. The first-order valence-electron chi connectivity index (χ1n) is 9.24. The van der Waals surface area contributed by atoms with Crippen molar-refractivity contribution in [2.24, 2.45) is 0 Å². The molecule has 0 aliphatic carbocycles. The first-order valence-corrected chi connectivity index (χ1v) is 9.24. The Bertz CT molecular complexity index is 917.